The molecule has 3 N–H and O–H groups in total. The summed E-state index contributed by atoms with van der Waals surface area (Å²) in [6.07, 6.45) is 0.754. The van der Waals surface area contributed by atoms with Crippen LogP contribution in [0.15, 0.2) is 24.3 Å². The molecule has 0 fully saturated rings. The average Bonchev–Trinajstić information content (AvgIpc) is 2.28. The summed E-state index contributed by atoms with van der Waals surface area (Å²) in [5.41, 5.74) is 1.97. The predicted octanol–water partition coefficient (Wildman–Crippen LogP) is 1.51. The molecule has 0 saturated carbocycles. The van der Waals surface area contributed by atoms with Gasteiger partial charge in [-0.25, -0.2) is 0 Å². The van der Waals surface area contributed by atoms with Gasteiger partial charge in [-0.1, -0.05) is 12.1 Å². The van der Waals surface area contributed by atoms with Gasteiger partial charge < -0.3 is 15.7 Å². The molecule has 1 amide bonds. The lowest BCUT2D eigenvalue weighted by molar-refractivity contribution is -0.114. The van der Waals surface area contributed by atoms with Crippen LogP contribution in [0, 0.1) is 0 Å². The Bertz CT molecular complexity index is 349. The Morgan fingerprint density at radius 3 is 2.53 bits per heavy atom. The Morgan fingerprint density at radius 1 is 1.35 bits per heavy atom. The summed E-state index contributed by atoms with van der Waals surface area (Å²) in [4.78, 5) is 10.8. The molecule has 4 nitrogen and oxygen atoms in total. The van der Waals surface area contributed by atoms with Gasteiger partial charge in [0, 0.05) is 31.8 Å². The van der Waals surface area contributed by atoms with Crippen LogP contribution in [-0.2, 0) is 11.3 Å². The molecule has 0 aromatic heterocycles. The van der Waals surface area contributed by atoms with Gasteiger partial charge in [0.05, 0.1) is 0 Å². The molecule has 94 valence electrons. The number of amides is 1. The summed E-state index contributed by atoms with van der Waals surface area (Å²) in [6.45, 7) is 4.51. The van der Waals surface area contributed by atoms with Crippen molar-refractivity contribution in [3.05, 3.63) is 29.8 Å². The van der Waals surface area contributed by atoms with E-state index >= 15 is 0 Å². The summed E-state index contributed by atoms with van der Waals surface area (Å²) in [7, 11) is 0. The first kappa shape index (κ1) is 13.7. The standard InChI is InChI=1S/C13H20N2O2/c1-10(7-8-16)14-9-12-3-5-13(6-4-12)15-11(2)17/h3-6,10,14,16H,7-9H2,1-2H3,(H,15,17). The van der Waals surface area contributed by atoms with Crippen molar-refractivity contribution in [2.24, 2.45) is 0 Å². The van der Waals surface area contributed by atoms with Crippen LogP contribution >= 0.6 is 0 Å². The molecule has 1 atom stereocenters. The fourth-order valence-electron chi connectivity index (χ4n) is 1.50. The third kappa shape index (κ3) is 5.47. The number of benzene rings is 1. The maximum Gasteiger partial charge on any atom is 0.221 e. The van der Waals surface area contributed by atoms with Gasteiger partial charge in [0.2, 0.25) is 5.91 Å². The number of aliphatic hydroxyl groups is 1. The van der Waals surface area contributed by atoms with E-state index in [4.69, 9.17) is 5.11 Å². The topological polar surface area (TPSA) is 61.4 Å². The summed E-state index contributed by atoms with van der Waals surface area (Å²) >= 11 is 0. The number of hydrogen-bond acceptors (Lipinski definition) is 3. The van der Waals surface area contributed by atoms with Crippen molar-refractivity contribution in [3.63, 3.8) is 0 Å². The number of carbonyl (C=O) groups excluding carboxylic acids is 1. The van der Waals surface area contributed by atoms with Gasteiger partial charge in [-0.15, -0.1) is 0 Å². The largest absolute Gasteiger partial charge is 0.396 e. The number of anilines is 1. The molecule has 1 aromatic rings. The first-order valence-corrected chi connectivity index (χ1v) is 5.82. The molecule has 1 rings (SSSR count). The molecule has 0 bridgehead atoms. The molecular formula is C13H20N2O2. The lowest BCUT2D eigenvalue weighted by Crippen LogP contribution is -2.26. The molecule has 17 heavy (non-hydrogen) atoms. The van der Waals surface area contributed by atoms with Gasteiger partial charge in [0.1, 0.15) is 0 Å². The molecule has 0 heterocycles. The fourth-order valence-corrected chi connectivity index (χ4v) is 1.50. The van der Waals surface area contributed by atoms with Gasteiger partial charge in [0.15, 0.2) is 0 Å². The van der Waals surface area contributed by atoms with Crippen LogP contribution in [0.25, 0.3) is 0 Å². The van der Waals surface area contributed by atoms with E-state index in [-0.39, 0.29) is 12.5 Å². The molecule has 0 radical (unpaired) electrons. The third-order valence-corrected chi connectivity index (χ3v) is 2.49. The van der Waals surface area contributed by atoms with E-state index in [2.05, 4.69) is 10.6 Å². The van der Waals surface area contributed by atoms with E-state index in [1.165, 1.54) is 6.92 Å². The maximum atomic E-state index is 10.8. The second-order valence-corrected chi connectivity index (χ2v) is 4.17. The minimum Gasteiger partial charge on any atom is -0.396 e. The molecule has 0 saturated heterocycles. The minimum atomic E-state index is -0.0626. The van der Waals surface area contributed by atoms with Crippen LogP contribution in [0.2, 0.25) is 0 Å². The Kier molecular flexibility index (Phi) is 5.66. The highest BCUT2D eigenvalue weighted by atomic mass is 16.3. The van der Waals surface area contributed by atoms with Crippen LogP contribution in [0.4, 0.5) is 5.69 Å². The Balaban J connectivity index is 2.42. The molecule has 0 spiro atoms. The van der Waals surface area contributed by atoms with Gasteiger partial charge in [0.25, 0.3) is 0 Å². The average molecular weight is 236 g/mol. The van der Waals surface area contributed by atoms with Gasteiger partial charge >= 0.3 is 0 Å². The van der Waals surface area contributed by atoms with Crippen molar-refractivity contribution in [2.45, 2.75) is 32.9 Å². The van der Waals surface area contributed by atoms with Gasteiger partial charge in [-0.3, -0.25) is 4.79 Å². The Morgan fingerprint density at radius 2 is 2.00 bits per heavy atom. The van der Waals surface area contributed by atoms with Crippen molar-refractivity contribution in [1.82, 2.24) is 5.32 Å². The Labute approximate surface area is 102 Å². The van der Waals surface area contributed by atoms with Crippen molar-refractivity contribution < 1.29 is 9.90 Å². The van der Waals surface area contributed by atoms with E-state index < -0.39 is 0 Å². The molecule has 0 aliphatic heterocycles. The van der Waals surface area contributed by atoms with E-state index in [1.54, 1.807) is 0 Å². The highest BCUT2D eigenvalue weighted by molar-refractivity contribution is 5.88. The summed E-state index contributed by atoms with van der Waals surface area (Å²) in [6, 6.07) is 8.02. The van der Waals surface area contributed by atoms with Crippen molar-refractivity contribution in [1.29, 1.82) is 0 Å². The minimum absolute atomic E-state index is 0.0626. The number of nitrogens with one attached hydrogen (secondary N) is 2. The predicted molar refractivity (Wildman–Crippen MR) is 68.8 cm³/mol. The van der Waals surface area contributed by atoms with Crippen LogP contribution < -0.4 is 10.6 Å². The highest BCUT2D eigenvalue weighted by Crippen LogP contribution is 2.09. The smallest absolute Gasteiger partial charge is 0.221 e. The van der Waals surface area contributed by atoms with Gasteiger partial charge in [-0.05, 0) is 31.0 Å². The Hall–Kier alpha value is -1.39. The summed E-state index contributed by atoms with van der Waals surface area (Å²) < 4.78 is 0. The lowest BCUT2D eigenvalue weighted by atomic mass is 10.2. The van der Waals surface area contributed by atoms with E-state index in [1.807, 2.05) is 31.2 Å². The zero-order chi connectivity index (χ0) is 12.7. The third-order valence-electron chi connectivity index (χ3n) is 2.49. The SMILES string of the molecule is CC(=O)Nc1ccc(CNC(C)CCO)cc1. The molecule has 0 aliphatic carbocycles. The highest BCUT2D eigenvalue weighted by Gasteiger charge is 2.01. The number of carbonyl (C=O) groups is 1. The first-order valence-electron chi connectivity index (χ1n) is 5.82. The van der Waals surface area contributed by atoms with Crippen LogP contribution in [0.5, 0.6) is 0 Å². The zero-order valence-corrected chi connectivity index (χ0v) is 10.4. The lowest BCUT2D eigenvalue weighted by Gasteiger charge is -2.12. The molecule has 0 aliphatic rings. The van der Waals surface area contributed by atoms with Gasteiger partial charge in [-0.2, -0.15) is 0 Å². The molecule has 1 aromatic carbocycles. The van der Waals surface area contributed by atoms with Crippen LogP contribution in [-0.4, -0.2) is 23.7 Å². The van der Waals surface area contributed by atoms with Crippen molar-refractivity contribution in [3.8, 4) is 0 Å². The molecule has 1 unspecified atom stereocenters. The van der Waals surface area contributed by atoms with Crippen LogP contribution in [0.1, 0.15) is 25.8 Å². The summed E-state index contributed by atoms with van der Waals surface area (Å²) in [5.74, 6) is -0.0626. The van der Waals surface area contributed by atoms with Crippen molar-refractivity contribution in [2.75, 3.05) is 11.9 Å². The fraction of sp³-hybridized carbons (Fsp3) is 0.462. The number of aliphatic hydroxyl groups excluding tert-OH is 1. The van der Waals surface area contributed by atoms with Crippen LogP contribution in [0.3, 0.4) is 0 Å². The zero-order valence-electron chi connectivity index (χ0n) is 10.4. The summed E-state index contributed by atoms with van der Waals surface area (Å²) in [5, 5.41) is 14.8. The number of rotatable bonds is 6. The number of hydrogen-bond donors (Lipinski definition) is 3. The van der Waals surface area contributed by atoms with E-state index in [9.17, 15) is 4.79 Å². The second-order valence-electron chi connectivity index (χ2n) is 4.17. The normalized spacial score (nSPS) is 12.2. The second kappa shape index (κ2) is 7.04. The first-order chi connectivity index (χ1) is 8.11. The monoisotopic (exact) mass is 236 g/mol. The van der Waals surface area contributed by atoms with E-state index in [0.29, 0.717) is 6.04 Å². The quantitative estimate of drug-likeness (QED) is 0.701. The maximum absolute atomic E-state index is 10.8. The van der Waals surface area contributed by atoms with Crippen molar-refractivity contribution >= 4 is 11.6 Å². The molecule has 4 heteroatoms. The molecular weight excluding hydrogens is 216 g/mol. The van der Waals surface area contributed by atoms with E-state index in [0.717, 1.165) is 24.2 Å².